The number of unbranched alkanes of at least 4 members (excludes halogenated alkanes) is 1. The highest BCUT2D eigenvalue weighted by Gasteiger charge is 2.19. The van der Waals surface area contributed by atoms with E-state index in [0.717, 1.165) is 19.5 Å². The zero-order valence-corrected chi connectivity index (χ0v) is 12.1. The summed E-state index contributed by atoms with van der Waals surface area (Å²) in [5.41, 5.74) is -0.0385. The molecule has 0 radical (unpaired) electrons. The molecule has 0 amide bonds. The summed E-state index contributed by atoms with van der Waals surface area (Å²) in [6.45, 7) is 8.60. The summed E-state index contributed by atoms with van der Waals surface area (Å²) in [6.07, 6.45) is 9.12. The zero-order valence-electron chi connectivity index (χ0n) is 12.1. The summed E-state index contributed by atoms with van der Waals surface area (Å²) in [4.78, 5) is 4.03. The molecule has 0 aliphatic heterocycles. The van der Waals surface area contributed by atoms with E-state index in [1.54, 1.807) is 7.11 Å². The molecule has 0 aromatic carbocycles. The van der Waals surface area contributed by atoms with Crippen LogP contribution in [0, 0.1) is 0 Å². The second-order valence-corrected chi connectivity index (χ2v) is 5.53. The third-order valence-electron chi connectivity index (χ3n) is 3.25. The molecule has 4 nitrogen and oxygen atoms in total. The van der Waals surface area contributed by atoms with E-state index in [-0.39, 0.29) is 5.60 Å². The third kappa shape index (κ3) is 6.17. The first-order valence-corrected chi connectivity index (χ1v) is 6.78. The highest BCUT2D eigenvalue weighted by atomic mass is 16.5. The van der Waals surface area contributed by atoms with Gasteiger partial charge in [-0.25, -0.2) is 4.98 Å². The van der Waals surface area contributed by atoms with Crippen LogP contribution in [0.4, 0.5) is 0 Å². The van der Waals surface area contributed by atoms with Gasteiger partial charge in [-0.05, 0) is 46.6 Å². The van der Waals surface area contributed by atoms with Gasteiger partial charge in [-0.15, -0.1) is 0 Å². The molecule has 1 rings (SSSR count). The number of hydrogen-bond donors (Lipinski definition) is 1. The molecule has 1 unspecified atom stereocenters. The summed E-state index contributed by atoms with van der Waals surface area (Å²) in [5, 5.41) is 3.55. The summed E-state index contributed by atoms with van der Waals surface area (Å²) < 4.78 is 7.56. The number of imidazole rings is 1. The zero-order chi connectivity index (χ0) is 13.4. The Hall–Kier alpha value is -0.870. The Morgan fingerprint density at radius 2 is 2.17 bits per heavy atom. The Labute approximate surface area is 111 Å². The Bertz CT molecular complexity index is 309. The van der Waals surface area contributed by atoms with E-state index in [4.69, 9.17) is 4.74 Å². The molecule has 18 heavy (non-hydrogen) atoms. The van der Waals surface area contributed by atoms with Gasteiger partial charge in [0.25, 0.3) is 0 Å². The van der Waals surface area contributed by atoms with E-state index in [1.807, 2.05) is 18.7 Å². The second kappa shape index (κ2) is 7.54. The monoisotopic (exact) mass is 253 g/mol. The Kier molecular flexibility index (Phi) is 6.36. The van der Waals surface area contributed by atoms with Crippen molar-refractivity contribution in [2.24, 2.45) is 0 Å². The molecule has 1 atom stereocenters. The quantitative estimate of drug-likeness (QED) is 0.687. The van der Waals surface area contributed by atoms with Gasteiger partial charge in [-0.3, -0.25) is 0 Å². The molecule has 104 valence electrons. The highest BCUT2D eigenvalue weighted by Crippen LogP contribution is 2.15. The molecule has 0 fully saturated rings. The van der Waals surface area contributed by atoms with Crippen LogP contribution in [-0.4, -0.2) is 34.8 Å². The van der Waals surface area contributed by atoms with Crippen molar-refractivity contribution in [1.82, 2.24) is 14.9 Å². The topological polar surface area (TPSA) is 39.1 Å². The maximum absolute atomic E-state index is 5.43. The minimum atomic E-state index is -0.0385. The molecule has 4 heteroatoms. The molecule has 1 heterocycles. The van der Waals surface area contributed by atoms with E-state index in [9.17, 15) is 0 Å². The van der Waals surface area contributed by atoms with Crippen LogP contribution in [0.15, 0.2) is 18.7 Å². The van der Waals surface area contributed by atoms with Crippen LogP contribution >= 0.6 is 0 Å². The average molecular weight is 253 g/mol. The van der Waals surface area contributed by atoms with Crippen LogP contribution in [0.1, 0.15) is 40.0 Å². The number of aromatic nitrogens is 2. The van der Waals surface area contributed by atoms with Crippen molar-refractivity contribution < 1.29 is 4.74 Å². The maximum atomic E-state index is 5.43. The molecule has 0 bridgehead atoms. The van der Waals surface area contributed by atoms with Crippen molar-refractivity contribution in [1.29, 1.82) is 0 Å². The fourth-order valence-corrected chi connectivity index (χ4v) is 2.08. The molecule has 1 aromatic heterocycles. The summed E-state index contributed by atoms with van der Waals surface area (Å²) in [6, 6.07) is 0.494. The number of ether oxygens (including phenoxy) is 1. The first-order valence-electron chi connectivity index (χ1n) is 6.78. The fraction of sp³-hybridized carbons (Fsp3) is 0.786. The molecule has 1 N–H and O–H groups in total. The molecule has 0 aliphatic rings. The van der Waals surface area contributed by atoms with E-state index >= 15 is 0 Å². The van der Waals surface area contributed by atoms with Crippen LogP contribution in [0.25, 0.3) is 0 Å². The predicted octanol–water partition coefficient (Wildman–Crippen LogP) is 2.46. The van der Waals surface area contributed by atoms with Crippen molar-refractivity contribution in [3.05, 3.63) is 18.7 Å². The van der Waals surface area contributed by atoms with Crippen molar-refractivity contribution in [3.8, 4) is 0 Å². The second-order valence-electron chi connectivity index (χ2n) is 5.53. The van der Waals surface area contributed by atoms with Gasteiger partial charge in [0.15, 0.2) is 0 Å². The SMILES string of the molecule is COC(C)(C)CC(C)NCCCCn1ccnc1. The van der Waals surface area contributed by atoms with Gasteiger partial charge < -0.3 is 14.6 Å². The Morgan fingerprint density at radius 1 is 1.39 bits per heavy atom. The van der Waals surface area contributed by atoms with Gasteiger partial charge >= 0.3 is 0 Å². The first kappa shape index (κ1) is 15.2. The average Bonchev–Trinajstić information content (AvgIpc) is 2.81. The lowest BCUT2D eigenvalue weighted by Crippen LogP contribution is -2.36. The van der Waals surface area contributed by atoms with E-state index in [0.29, 0.717) is 6.04 Å². The fourth-order valence-electron chi connectivity index (χ4n) is 2.08. The number of aryl methyl sites for hydroxylation is 1. The number of nitrogens with zero attached hydrogens (tertiary/aromatic N) is 2. The third-order valence-corrected chi connectivity index (χ3v) is 3.25. The van der Waals surface area contributed by atoms with Crippen molar-refractivity contribution in [2.45, 2.75) is 58.2 Å². The largest absolute Gasteiger partial charge is 0.379 e. The van der Waals surface area contributed by atoms with Crippen LogP contribution in [0.2, 0.25) is 0 Å². The number of hydrogen-bond acceptors (Lipinski definition) is 3. The summed E-state index contributed by atoms with van der Waals surface area (Å²) in [5.74, 6) is 0. The van der Waals surface area contributed by atoms with Gasteiger partial charge in [0.05, 0.1) is 11.9 Å². The smallest absolute Gasteiger partial charge is 0.0945 e. The number of methoxy groups -OCH3 is 1. The Balaban J connectivity index is 2.03. The maximum Gasteiger partial charge on any atom is 0.0945 e. The summed E-state index contributed by atoms with van der Waals surface area (Å²) >= 11 is 0. The van der Waals surface area contributed by atoms with Crippen molar-refractivity contribution in [2.75, 3.05) is 13.7 Å². The molecule has 1 aromatic rings. The standard InChI is InChI=1S/C14H27N3O/c1-13(11-14(2,3)18-4)16-7-5-6-9-17-10-8-15-12-17/h8,10,12-13,16H,5-7,9,11H2,1-4H3. The minimum absolute atomic E-state index is 0.0385. The van der Waals surface area contributed by atoms with Crippen LogP contribution in [0.3, 0.4) is 0 Å². The van der Waals surface area contributed by atoms with Gasteiger partial charge in [0.2, 0.25) is 0 Å². The van der Waals surface area contributed by atoms with Crippen molar-refractivity contribution in [3.63, 3.8) is 0 Å². The van der Waals surface area contributed by atoms with Gasteiger partial charge in [0, 0.05) is 32.1 Å². The lowest BCUT2D eigenvalue weighted by Gasteiger charge is -2.27. The number of nitrogens with one attached hydrogen (secondary N) is 1. The van der Waals surface area contributed by atoms with Crippen molar-refractivity contribution >= 4 is 0 Å². The minimum Gasteiger partial charge on any atom is -0.379 e. The van der Waals surface area contributed by atoms with Crippen LogP contribution < -0.4 is 5.32 Å². The highest BCUT2D eigenvalue weighted by molar-refractivity contribution is 4.76. The van der Waals surface area contributed by atoms with E-state index in [2.05, 4.69) is 35.6 Å². The first-order chi connectivity index (χ1) is 8.53. The van der Waals surface area contributed by atoms with Gasteiger partial charge in [-0.1, -0.05) is 0 Å². The van der Waals surface area contributed by atoms with Crippen LogP contribution in [0.5, 0.6) is 0 Å². The lowest BCUT2D eigenvalue weighted by atomic mass is 10.00. The van der Waals surface area contributed by atoms with Gasteiger partial charge in [-0.2, -0.15) is 0 Å². The van der Waals surface area contributed by atoms with Gasteiger partial charge in [0.1, 0.15) is 0 Å². The molecular weight excluding hydrogens is 226 g/mol. The lowest BCUT2D eigenvalue weighted by molar-refractivity contribution is 0.00859. The van der Waals surface area contributed by atoms with E-state index < -0.39 is 0 Å². The molecule has 0 aliphatic carbocycles. The normalized spacial score (nSPS) is 13.8. The van der Waals surface area contributed by atoms with Crippen LogP contribution in [-0.2, 0) is 11.3 Å². The molecule has 0 spiro atoms. The molecule has 0 saturated heterocycles. The number of rotatable bonds is 9. The van der Waals surface area contributed by atoms with E-state index in [1.165, 1.54) is 12.8 Å². The molecule has 0 saturated carbocycles. The Morgan fingerprint density at radius 3 is 2.78 bits per heavy atom. The predicted molar refractivity (Wildman–Crippen MR) is 74.6 cm³/mol. The molecular formula is C14H27N3O. The summed E-state index contributed by atoms with van der Waals surface area (Å²) in [7, 11) is 1.78.